The molecular formula is C21H17NO4. The van der Waals surface area contributed by atoms with Crippen LogP contribution in [0.3, 0.4) is 0 Å². The van der Waals surface area contributed by atoms with E-state index in [1.54, 1.807) is 31.2 Å². The molecule has 1 aliphatic heterocycles. The molecule has 2 amide bonds. The maximum absolute atomic E-state index is 13.1. The first-order valence-corrected chi connectivity index (χ1v) is 8.82. The summed E-state index contributed by atoms with van der Waals surface area (Å²) in [7, 11) is 0. The van der Waals surface area contributed by atoms with E-state index in [2.05, 4.69) is 0 Å². The second kappa shape index (κ2) is 4.81. The van der Waals surface area contributed by atoms with Crippen LogP contribution in [-0.4, -0.2) is 34.3 Å². The monoisotopic (exact) mass is 347 g/mol. The maximum atomic E-state index is 13.1. The lowest BCUT2D eigenvalue weighted by atomic mass is 9.47. The first-order valence-electron chi connectivity index (χ1n) is 8.82. The Morgan fingerprint density at radius 3 is 2.04 bits per heavy atom. The van der Waals surface area contributed by atoms with Crippen LogP contribution < -0.4 is 0 Å². The molecule has 1 heterocycles. The highest BCUT2D eigenvalue weighted by atomic mass is 16.4. The smallest absolute Gasteiger partial charge is 0.319 e. The Hall–Kier alpha value is -2.95. The van der Waals surface area contributed by atoms with Gasteiger partial charge in [-0.1, -0.05) is 48.5 Å². The Morgan fingerprint density at radius 2 is 1.54 bits per heavy atom. The third-order valence-electron chi connectivity index (χ3n) is 6.36. The van der Waals surface area contributed by atoms with Crippen LogP contribution in [0, 0.1) is 11.8 Å². The van der Waals surface area contributed by atoms with E-state index in [-0.39, 0.29) is 24.3 Å². The van der Waals surface area contributed by atoms with Crippen molar-refractivity contribution in [3.05, 3.63) is 70.8 Å². The van der Waals surface area contributed by atoms with Gasteiger partial charge in [0, 0.05) is 12.5 Å². The number of carboxylic acids is 1. The van der Waals surface area contributed by atoms with Crippen LogP contribution in [0.4, 0.5) is 0 Å². The molecule has 3 aliphatic carbocycles. The molecule has 0 spiro atoms. The van der Waals surface area contributed by atoms with Gasteiger partial charge >= 0.3 is 5.97 Å². The summed E-state index contributed by atoms with van der Waals surface area (Å²) in [6.45, 7) is 2.02. The number of rotatable bonds is 2. The maximum Gasteiger partial charge on any atom is 0.319 e. The summed E-state index contributed by atoms with van der Waals surface area (Å²) < 4.78 is 0. The molecule has 5 nitrogen and oxygen atoms in total. The first kappa shape index (κ1) is 15.3. The third-order valence-corrected chi connectivity index (χ3v) is 6.36. The molecule has 0 unspecified atom stereocenters. The Bertz CT molecular complexity index is 948. The van der Waals surface area contributed by atoms with Gasteiger partial charge in [-0.15, -0.1) is 0 Å². The Balaban J connectivity index is 1.95. The SMILES string of the molecule is CCN1C(=O)[C@@H]2C3c4ccccc4C(C(=O)O)(c4ccccc43)[C@H]2C1=O. The Labute approximate surface area is 150 Å². The molecule has 6 rings (SSSR count). The van der Waals surface area contributed by atoms with Gasteiger partial charge in [0.25, 0.3) is 0 Å². The van der Waals surface area contributed by atoms with Crippen molar-refractivity contribution >= 4 is 17.8 Å². The minimum absolute atomic E-state index is 0.248. The van der Waals surface area contributed by atoms with Gasteiger partial charge in [0.15, 0.2) is 0 Å². The van der Waals surface area contributed by atoms with E-state index in [1.165, 1.54) is 4.90 Å². The number of carbonyl (C=O) groups is 3. The van der Waals surface area contributed by atoms with E-state index in [1.807, 2.05) is 24.3 Å². The van der Waals surface area contributed by atoms with Crippen LogP contribution in [0.2, 0.25) is 0 Å². The van der Waals surface area contributed by atoms with Gasteiger partial charge < -0.3 is 5.11 Å². The largest absolute Gasteiger partial charge is 0.480 e. The molecule has 2 aromatic carbocycles. The summed E-state index contributed by atoms with van der Waals surface area (Å²) in [6, 6.07) is 14.7. The molecule has 2 aromatic rings. The van der Waals surface area contributed by atoms with Gasteiger partial charge in [-0.25, -0.2) is 0 Å². The molecule has 0 radical (unpaired) electrons. The highest BCUT2D eigenvalue weighted by molar-refractivity contribution is 6.12. The molecular weight excluding hydrogens is 330 g/mol. The molecule has 4 aliphatic rings. The van der Waals surface area contributed by atoms with Crippen LogP contribution in [-0.2, 0) is 19.8 Å². The average Bonchev–Trinajstić information content (AvgIpc) is 2.92. The number of carbonyl (C=O) groups excluding carboxylic acids is 2. The highest BCUT2D eigenvalue weighted by Crippen LogP contribution is 2.64. The number of hydrogen-bond acceptors (Lipinski definition) is 3. The van der Waals surface area contributed by atoms with E-state index >= 15 is 0 Å². The molecule has 130 valence electrons. The zero-order valence-corrected chi connectivity index (χ0v) is 14.2. The van der Waals surface area contributed by atoms with Crippen LogP contribution in [0.1, 0.15) is 35.1 Å². The number of imide groups is 1. The summed E-state index contributed by atoms with van der Waals surface area (Å²) in [6.07, 6.45) is 0. The fraction of sp³-hybridized carbons (Fsp3) is 0.286. The highest BCUT2D eigenvalue weighted by Gasteiger charge is 2.70. The Morgan fingerprint density at radius 1 is 1.00 bits per heavy atom. The summed E-state index contributed by atoms with van der Waals surface area (Å²) in [5.74, 6) is -3.49. The minimum Gasteiger partial charge on any atom is -0.480 e. The number of benzene rings is 2. The Kier molecular flexibility index (Phi) is 2.84. The number of carboxylic acid groups (broad SMARTS) is 1. The van der Waals surface area contributed by atoms with Crippen LogP contribution >= 0.6 is 0 Å². The first-order chi connectivity index (χ1) is 12.5. The lowest BCUT2D eigenvalue weighted by Gasteiger charge is -2.51. The predicted molar refractivity (Wildman–Crippen MR) is 92.5 cm³/mol. The fourth-order valence-corrected chi connectivity index (χ4v) is 5.51. The zero-order chi connectivity index (χ0) is 18.2. The number of aliphatic carboxylic acids is 1. The molecule has 5 heteroatoms. The summed E-state index contributed by atoms with van der Waals surface area (Å²) >= 11 is 0. The minimum atomic E-state index is -1.51. The van der Waals surface area contributed by atoms with E-state index in [9.17, 15) is 19.5 Å². The van der Waals surface area contributed by atoms with Gasteiger partial charge in [-0.05, 0) is 29.2 Å². The summed E-state index contributed by atoms with van der Waals surface area (Å²) in [5, 5.41) is 10.4. The van der Waals surface area contributed by atoms with Gasteiger partial charge in [-0.2, -0.15) is 0 Å². The van der Waals surface area contributed by atoms with Crippen molar-refractivity contribution in [1.29, 1.82) is 0 Å². The predicted octanol–water partition coefficient (Wildman–Crippen LogP) is 2.14. The second-order valence-corrected chi connectivity index (χ2v) is 7.19. The van der Waals surface area contributed by atoms with Crippen molar-refractivity contribution in [2.75, 3.05) is 6.54 Å². The molecule has 0 aromatic heterocycles. The van der Waals surface area contributed by atoms with E-state index < -0.39 is 23.2 Å². The molecule has 2 bridgehead atoms. The topological polar surface area (TPSA) is 74.7 Å². The summed E-state index contributed by atoms with van der Waals surface area (Å²) in [5.41, 5.74) is 1.50. The van der Waals surface area contributed by atoms with Crippen molar-refractivity contribution in [1.82, 2.24) is 4.90 Å². The van der Waals surface area contributed by atoms with Crippen molar-refractivity contribution in [2.45, 2.75) is 18.3 Å². The number of likely N-dealkylation sites (tertiary alicyclic amines) is 1. The van der Waals surface area contributed by atoms with Gasteiger partial charge in [0.05, 0.1) is 11.8 Å². The van der Waals surface area contributed by atoms with Crippen LogP contribution in [0.25, 0.3) is 0 Å². The third kappa shape index (κ3) is 1.43. The van der Waals surface area contributed by atoms with Crippen molar-refractivity contribution < 1.29 is 19.5 Å². The standard InChI is InChI=1S/C21H17NO4/c1-2-22-18(23)16-15-11-7-3-5-9-13(11)21(20(25)26,17(16)19(22)24)14-10-6-4-8-12(14)15/h3-10,15-17H,2H2,1H3,(H,25,26)/t15?,16-,17-,21?/m1/s1. The average molecular weight is 347 g/mol. The van der Waals surface area contributed by atoms with E-state index in [0.717, 1.165) is 11.1 Å². The van der Waals surface area contributed by atoms with Crippen molar-refractivity contribution in [3.8, 4) is 0 Å². The normalized spacial score (nSPS) is 30.8. The fourth-order valence-electron chi connectivity index (χ4n) is 5.51. The van der Waals surface area contributed by atoms with Crippen molar-refractivity contribution in [2.24, 2.45) is 11.8 Å². The number of hydrogen-bond donors (Lipinski definition) is 1. The van der Waals surface area contributed by atoms with Gasteiger partial charge in [0.1, 0.15) is 5.41 Å². The molecule has 1 saturated heterocycles. The van der Waals surface area contributed by atoms with Crippen molar-refractivity contribution in [3.63, 3.8) is 0 Å². The zero-order valence-electron chi connectivity index (χ0n) is 14.2. The van der Waals surface area contributed by atoms with Crippen LogP contribution in [0.15, 0.2) is 48.5 Å². The van der Waals surface area contributed by atoms with Gasteiger partial charge in [-0.3, -0.25) is 19.3 Å². The lowest BCUT2D eigenvalue weighted by molar-refractivity contribution is -0.150. The second-order valence-electron chi connectivity index (χ2n) is 7.19. The van der Waals surface area contributed by atoms with E-state index in [0.29, 0.717) is 11.1 Å². The molecule has 26 heavy (non-hydrogen) atoms. The quantitative estimate of drug-likeness (QED) is 0.845. The molecule has 2 atom stereocenters. The number of nitrogens with zero attached hydrogens (tertiary/aromatic N) is 1. The van der Waals surface area contributed by atoms with Crippen LogP contribution in [0.5, 0.6) is 0 Å². The lowest BCUT2D eigenvalue weighted by Crippen LogP contribution is -2.57. The summed E-state index contributed by atoms with van der Waals surface area (Å²) in [4.78, 5) is 40.2. The van der Waals surface area contributed by atoms with E-state index in [4.69, 9.17) is 0 Å². The molecule has 1 fully saturated rings. The number of amides is 2. The molecule has 0 saturated carbocycles. The molecule has 1 N–H and O–H groups in total. The van der Waals surface area contributed by atoms with Gasteiger partial charge in [0.2, 0.25) is 11.8 Å².